The number of ketones is 1. The van der Waals surface area contributed by atoms with Gasteiger partial charge in [0.1, 0.15) is 11.5 Å². The Kier molecular flexibility index (Phi) is 6.48. The van der Waals surface area contributed by atoms with Crippen LogP contribution in [-0.2, 0) is 15.0 Å². The van der Waals surface area contributed by atoms with Gasteiger partial charge in [-0.15, -0.1) is 0 Å². The van der Waals surface area contributed by atoms with E-state index in [2.05, 4.69) is 20.8 Å². The molecule has 0 aliphatic carbocycles. The Hall–Kier alpha value is -3.57. The minimum Gasteiger partial charge on any atom is -0.507 e. The first-order valence-corrected chi connectivity index (χ1v) is 11.7. The second kappa shape index (κ2) is 9.23. The summed E-state index contributed by atoms with van der Waals surface area (Å²) in [6.07, 6.45) is 0. The molecule has 1 fully saturated rings. The summed E-state index contributed by atoms with van der Waals surface area (Å²) < 4.78 is 5.20. The highest BCUT2D eigenvalue weighted by Crippen LogP contribution is 2.44. The third kappa shape index (κ3) is 4.56. The first-order chi connectivity index (χ1) is 16.5. The molecule has 0 spiro atoms. The van der Waals surface area contributed by atoms with Crippen LogP contribution in [0.4, 0.5) is 5.69 Å². The molecule has 0 radical (unpaired) electrons. The molecule has 1 heterocycles. The van der Waals surface area contributed by atoms with Crippen LogP contribution in [0.3, 0.4) is 0 Å². The number of aliphatic hydroxyl groups is 1. The molecule has 1 unspecified atom stereocenters. The van der Waals surface area contributed by atoms with E-state index in [1.54, 1.807) is 49.6 Å². The molecule has 1 aliphatic heterocycles. The summed E-state index contributed by atoms with van der Waals surface area (Å²) in [5, 5.41) is 11.7. The number of halogens is 1. The highest BCUT2D eigenvalue weighted by atomic mass is 35.5. The quantitative estimate of drug-likeness (QED) is 0.255. The lowest BCUT2D eigenvalue weighted by Crippen LogP contribution is -2.30. The average molecular weight is 490 g/mol. The lowest BCUT2D eigenvalue weighted by molar-refractivity contribution is -0.132. The number of anilines is 1. The summed E-state index contributed by atoms with van der Waals surface area (Å²) >= 11 is 6.27. The largest absolute Gasteiger partial charge is 0.507 e. The van der Waals surface area contributed by atoms with Gasteiger partial charge >= 0.3 is 0 Å². The summed E-state index contributed by atoms with van der Waals surface area (Å²) in [4.78, 5) is 28.2. The number of rotatable bonds is 4. The number of aryl methyl sites for hydroxylation is 1. The Morgan fingerprint density at radius 3 is 2.17 bits per heavy atom. The lowest BCUT2D eigenvalue weighted by atomic mass is 9.85. The van der Waals surface area contributed by atoms with Gasteiger partial charge in [0, 0.05) is 16.3 Å². The van der Waals surface area contributed by atoms with Gasteiger partial charge in [0.2, 0.25) is 0 Å². The van der Waals surface area contributed by atoms with Crippen molar-refractivity contribution < 1.29 is 19.4 Å². The Bertz CT molecular complexity index is 1320. The molecule has 35 heavy (non-hydrogen) atoms. The van der Waals surface area contributed by atoms with E-state index in [1.165, 1.54) is 4.90 Å². The van der Waals surface area contributed by atoms with Gasteiger partial charge in [0.25, 0.3) is 11.7 Å². The smallest absolute Gasteiger partial charge is 0.300 e. The zero-order chi connectivity index (χ0) is 25.5. The fourth-order valence-corrected chi connectivity index (χ4v) is 4.47. The van der Waals surface area contributed by atoms with Crippen molar-refractivity contribution in [2.75, 3.05) is 12.0 Å². The Morgan fingerprint density at radius 2 is 1.60 bits per heavy atom. The topological polar surface area (TPSA) is 66.8 Å². The number of ether oxygens (including phenoxy) is 1. The highest BCUT2D eigenvalue weighted by Gasteiger charge is 2.47. The lowest BCUT2D eigenvalue weighted by Gasteiger charge is -2.28. The third-order valence-electron chi connectivity index (χ3n) is 6.33. The maximum Gasteiger partial charge on any atom is 0.300 e. The van der Waals surface area contributed by atoms with Gasteiger partial charge in [0.15, 0.2) is 0 Å². The van der Waals surface area contributed by atoms with Crippen LogP contribution >= 0.6 is 11.6 Å². The van der Waals surface area contributed by atoms with Crippen molar-refractivity contribution in [2.45, 2.75) is 39.2 Å². The molecule has 5 nitrogen and oxygen atoms in total. The molecule has 3 aromatic rings. The van der Waals surface area contributed by atoms with Crippen molar-refractivity contribution in [3.63, 3.8) is 0 Å². The first kappa shape index (κ1) is 24.6. The second-order valence-corrected chi connectivity index (χ2v) is 10.1. The van der Waals surface area contributed by atoms with Crippen LogP contribution in [0.2, 0.25) is 5.02 Å². The van der Waals surface area contributed by atoms with Crippen molar-refractivity contribution in [3.05, 3.63) is 99.6 Å². The molecule has 1 aliphatic rings. The van der Waals surface area contributed by atoms with E-state index in [0.717, 1.165) is 11.1 Å². The fraction of sp³-hybridized carbons (Fsp3) is 0.241. The fourth-order valence-electron chi connectivity index (χ4n) is 4.31. The molecule has 6 heteroatoms. The number of methoxy groups -OCH3 is 1. The van der Waals surface area contributed by atoms with Crippen molar-refractivity contribution in [1.29, 1.82) is 0 Å². The molecular weight excluding hydrogens is 462 g/mol. The molecule has 3 aromatic carbocycles. The Morgan fingerprint density at radius 1 is 0.971 bits per heavy atom. The van der Waals surface area contributed by atoms with Gasteiger partial charge in [-0.1, -0.05) is 62.7 Å². The number of amides is 1. The van der Waals surface area contributed by atoms with Crippen LogP contribution in [-0.4, -0.2) is 23.9 Å². The zero-order valence-electron chi connectivity index (χ0n) is 20.4. The number of benzene rings is 3. The maximum absolute atomic E-state index is 13.4. The molecule has 1 amide bonds. The summed E-state index contributed by atoms with van der Waals surface area (Å²) in [6.45, 7) is 8.21. The van der Waals surface area contributed by atoms with E-state index in [4.69, 9.17) is 16.3 Å². The van der Waals surface area contributed by atoms with Crippen molar-refractivity contribution in [3.8, 4) is 5.75 Å². The normalized spacial score (nSPS) is 17.7. The number of carbonyl (C=O) groups is 2. The standard InChI is InChI=1S/C29H28ClNO4/c1-17-6-13-21(30)16-23(17)31-25(18-7-11-20(12-8-18)29(2,3)4)24(27(33)28(31)34)26(32)19-9-14-22(35-5)15-10-19/h6-16,25,32H,1-5H3/b26-24+. The minimum atomic E-state index is -0.816. The summed E-state index contributed by atoms with van der Waals surface area (Å²) in [6, 6.07) is 18.9. The number of hydrogen-bond donors (Lipinski definition) is 1. The van der Waals surface area contributed by atoms with Gasteiger partial charge in [0.05, 0.1) is 18.7 Å². The van der Waals surface area contributed by atoms with Crippen LogP contribution < -0.4 is 9.64 Å². The predicted molar refractivity (Wildman–Crippen MR) is 139 cm³/mol. The van der Waals surface area contributed by atoms with Gasteiger partial charge in [-0.25, -0.2) is 0 Å². The van der Waals surface area contributed by atoms with Crippen LogP contribution in [0.15, 0.2) is 72.3 Å². The number of carbonyl (C=O) groups excluding carboxylic acids is 2. The molecule has 1 N–H and O–H groups in total. The van der Waals surface area contributed by atoms with Crippen molar-refractivity contribution in [2.24, 2.45) is 0 Å². The van der Waals surface area contributed by atoms with Crippen LogP contribution in [0.25, 0.3) is 5.76 Å². The number of Topliss-reactive ketones (excluding diaryl/α,β-unsaturated/α-hetero) is 1. The van der Waals surface area contributed by atoms with Crippen LogP contribution in [0, 0.1) is 6.92 Å². The first-order valence-electron chi connectivity index (χ1n) is 11.3. The molecule has 4 rings (SSSR count). The number of aliphatic hydroxyl groups excluding tert-OH is 1. The van der Waals surface area contributed by atoms with E-state index < -0.39 is 17.7 Å². The molecule has 0 saturated carbocycles. The summed E-state index contributed by atoms with van der Waals surface area (Å²) in [5.74, 6) is -1.08. The van der Waals surface area contributed by atoms with Gasteiger partial charge in [-0.2, -0.15) is 0 Å². The maximum atomic E-state index is 13.4. The summed E-state index contributed by atoms with van der Waals surface area (Å²) in [7, 11) is 1.55. The molecule has 180 valence electrons. The minimum absolute atomic E-state index is 0.0306. The second-order valence-electron chi connectivity index (χ2n) is 9.70. The van der Waals surface area contributed by atoms with Gasteiger partial charge < -0.3 is 9.84 Å². The van der Waals surface area contributed by atoms with E-state index in [-0.39, 0.29) is 16.7 Å². The zero-order valence-corrected chi connectivity index (χ0v) is 21.2. The molecule has 0 bridgehead atoms. The monoisotopic (exact) mass is 489 g/mol. The molecule has 0 aromatic heterocycles. The van der Waals surface area contributed by atoms with Crippen LogP contribution in [0.5, 0.6) is 5.75 Å². The molecule has 1 atom stereocenters. The van der Waals surface area contributed by atoms with Crippen molar-refractivity contribution >= 4 is 34.7 Å². The van der Waals surface area contributed by atoms with E-state index >= 15 is 0 Å². The summed E-state index contributed by atoms with van der Waals surface area (Å²) in [5.41, 5.74) is 3.53. The van der Waals surface area contributed by atoms with Crippen LogP contribution in [0.1, 0.15) is 49.1 Å². The van der Waals surface area contributed by atoms with E-state index in [1.807, 2.05) is 31.2 Å². The highest BCUT2D eigenvalue weighted by molar-refractivity contribution is 6.52. The average Bonchev–Trinajstić information content (AvgIpc) is 3.10. The van der Waals surface area contributed by atoms with Gasteiger partial charge in [-0.3, -0.25) is 14.5 Å². The van der Waals surface area contributed by atoms with Crippen molar-refractivity contribution in [1.82, 2.24) is 0 Å². The Labute approximate surface area is 210 Å². The van der Waals surface area contributed by atoms with E-state index in [0.29, 0.717) is 27.6 Å². The predicted octanol–water partition coefficient (Wildman–Crippen LogP) is 6.58. The number of hydrogen-bond acceptors (Lipinski definition) is 4. The SMILES string of the molecule is COc1ccc(/C(O)=C2\C(=O)C(=O)N(c3cc(Cl)ccc3C)C2c2ccc(C(C)(C)C)cc2)cc1. The molecule has 1 saturated heterocycles. The Balaban J connectivity index is 1.94. The number of nitrogens with zero attached hydrogens (tertiary/aromatic N) is 1. The van der Waals surface area contributed by atoms with E-state index in [9.17, 15) is 14.7 Å². The molecular formula is C29H28ClNO4. The van der Waals surface area contributed by atoms with Gasteiger partial charge in [-0.05, 0) is 65.4 Å². The third-order valence-corrected chi connectivity index (χ3v) is 6.57.